The lowest BCUT2D eigenvalue weighted by Gasteiger charge is -2.26. The fourth-order valence-corrected chi connectivity index (χ4v) is 5.47. The van der Waals surface area contributed by atoms with Crippen molar-refractivity contribution in [3.8, 4) is 5.75 Å². The van der Waals surface area contributed by atoms with Crippen molar-refractivity contribution in [1.82, 2.24) is 0 Å². The summed E-state index contributed by atoms with van der Waals surface area (Å²) in [7, 11) is 1.91. The molecule has 2 aromatic carbocycles. The molecule has 3 aromatic rings. The number of unbranched alkanes of at least 4 members (excludes halogenated alkanes) is 11. The fraction of sp³-hybridized carbons (Fsp3) is 0.526. The van der Waals surface area contributed by atoms with E-state index in [1.807, 2.05) is 71.2 Å². The predicted octanol–water partition coefficient (Wildman–Crippen LogP) is 6.74. The van der Waals surface area contributed by atoms with Crippen molar-refractivity contribution >= 4 is 11.6 Å². The average molecular weight is 699 g/mol. The Labute approximate surface area is 279 Å². The number of carbonyl (C=O) groups excluding carboxylic acids is 1. The van der Waals surface area contributed by atoms with E-state index >= 15 is 0 Å². The van der Waals surface area contributed by atoms with Crippen LogP contribution >= 0.6 is 0 Å². The zero-order chi connectivity index (χ0) is 30.2. The van der Waals surface area contributed by atoms with Gasteiger partial charge in [-0.1, -0.05) is 123 Å². The maximum Gasteiger partial charge on any atom is 0.323 e. The molecule has 0 aliphatic carbocycles. The molecular weight excluding hydrogens is 643 g/mol. The van der Waals surface area contributed by atoms with E-state index in [1.54, 1.807) is 0 Å². The van der Waals surface area contributed by atoms with Crippen LogP contribution in [0.2, 0.25) is 0 Å². The largest absolute Gasteiger partial charge is 1.00 e. The molecule has 0 saturated carbocycles. The molecule has 4 nitrogen and oxygen atoms in total. The Morgan fingerprint density at radius 3 is 1.93 bits per heavy atom. The molecule has 3 rings (SSSR count). The number of aromatic nitrogens is 1. The van der Waals surface area contributed by atoms with Gasteiger partial charge >= 0.3 is 5.91 Å². The first kappa shape index (κ1) is 36.8. The third-order valence-electron chi connectivity index (χ3n) is 8.04. The van der Waals surface area contributed by atoms with Crippen molar-refractivity contribution < 1.29 is 38.1 Å². The summed E-state index contributed by atoms with van der Waals surface area (Å²) in [4.78, 5) is 15.6. The topological polar surface area (TPSA) is 33.4 Å². The Morgan fingerprint density at radius 2 is 1.35 bits per heavy atom. The van der Waals surface area contributed by atoms with Gasteiger partial charge in [0.15, 0.2) is 6.20 Å². The summed E-state index contributed by atoms with van der Waals surface area (Å²) in [6, 6.07) is 22.1. The predicted molar refractivity (Wildman–Crippen MR) is 176 cm³/mol. The third-order valence-corrected chi connectivity index (χ3v) is 8.04. The summed E-state index contributed by atoms with van der Waals surface area (Å²) < 4.78 is 8.23. The van der Waals surface area contributed by atoms with E-state index in [-0.39, 0.29) is 35.3 Å². The molecule has 0 N–H and O–H groups in total. The van der Waals surface area contributed by atoms with Crippen LogP contribution in [0.25, 0.3) is 0 Å². The standard InChI is InChI=1S/C38H55N2O2.HI/c1-6-7-8-9-10-11-12-13-14-15-16-22-29-42-36-27-26-32(30-34(36)38(2,3)4)31-40(33-23-18-17-19-24-33)37(41)35-25-20-21-28-39(35)5;/h17-21,23-28,30H,6-16,22,29,31H2,1-5H3;1H/q+1;/p-1. The molecule has 5 heteroatoms. The molecule has 0 bridgehead atoms. The number of aryl methyl sites for hydroxylation is 1. The van der Waals surface area contributed by atoms with Gasteiger partial charge in [0.2, 0.25) is 0 Å². The van der Waals surface area contributed by atoms with Crippen LogP contribution in [-0.4, -0.2) is 12.5 Å². The van der Waals surface area contributed by atoms with Gasteiger partial charge in [-0.25, -0.2) is 0 Å². The summed E-state index contributed by atoms with van der Waals surface area (Å²) in [5.41, 5.74) is 3.74. The monoisotopic (exact) mass is 698 g/mol. The normalized spacial score (nSPS) is 11.2. The minimum atomic E-state index is -0.0741. The third kappa shape index (κ3) is 12.6. The summed E-state index contributed by atoms with van der Waals surface area (Å²) in [6.07, 6.45) is 18.0. The van der Waals surface area contributed by atoms with Crippen molar-refractivity contribution in [3.63, 3.8) is 0 Å². The number of hydrogen-bond acceptors (Lipinski definition) is 2. The highest BCUT2D eigenvalue weighted by atomic mass is 127. The Morgan fingerprint density at radius 1 is 0.767 bits per heavy atom. The van der Waals surface area contributed by atoms with Crippen LogP contribution in [0.5, 0.6) is 5.75 Å². The molecule has 0 unspecified atom stereocenters. The van der Waals surface area contributed by atoms with Crippen molar-refractivity contribution in [2.75, 3.05) is 11.5 Å². The van der Waals surface area contributed by atoms with E-state index in [0.29, 0.717) is 12.2 Å². The number of anilines is 1. The molecule has 0 saturated heterocycles. The second-order valence-corrected chi connectivity index (χ2v) is 12.7. The highest BCUT2D eigenvalue weighted by molar-refractivity contribution is 6.03. The van der Waals surface area contributed by atoms with Crippen LogP contribution < -0.4 is 38.2 Å². The van der Waals surface area contributed by atoms with Gasteiger partial charge in [0.1, 0.15) is 12.8 Å². The highest BCUT2D eigenvalue weighted by Gasteiger charge is 2.26. The first-order chi connectivity index (χ1) is 20.3. The van der Waals surface area contributed by atoms with Crippen LogP contribution in [0, 0.1) is 0 Å². The Hall–Kier alpha value is -2.41. The van der Waals surface area contributed by atoms with Crippen LogP contribution in [0.4, 0.5) is 5.69 Å². The van der Waals surface area contributed by atoms with E-state index in [4.69, 9.17) is 4.74 Å². The average Bonchev–Trinajstić information content (AvgIpc) is 2.98. The van der Waals surface area contributed by atoms with Crippen LogP contribution in [0.3, 0.4) is 0 Å². The molecule has 0 aliphatic rings. The van der Waals surface area contributed by atoms with Crippen molar-refractivity contribution in [3.05, 3.63) is 89.7 Å². The Kier molecular flexibility index (Phi) is 16.9. The molecule has 0 radical (unpaired) electrons. The van der Waals surface area contributed by atoms with Gasteiger partial charge in [0, 0.05) is 17.8 Å². The number of carbonyl (C=O) groups is 1. The zero-order valence-corrected chi connectivity index (χ0v) is 29.6. The molecule has 0 fully saturated rings. The lowest BCUT2D eigenvalue weighted by atomic mass is 9.85. The Bertz CT molecular complexity index is 1210. The van der Waals surface area contributed by atoms with Crippen LogP contribution in [0.1, 0.15) is 126 Å². The lowest BCUT2D eigenvalue weighted by molar-refractivity contribution is -0.673. The maximum absolute atomic E-state index is 13.7. The molecular formula is C38H55IN2O2. The van der Waals surface area contributed by atoms with Gasteiger partial charge < -0.3 is 28.7 Å². The quantitative estimate of drug-likeness (QED) is 0.0839. The van der Waals surface area contributed by atoms with Gasteiger partial charge in [-0.2, -0.15) is 4.57 Å². The van der Waals surface area contributed by atoms with Gasteiger partial charge in [-0.15, -0.1) is 0 Å². The van der Waals surface area contributed by atoms with E-state index in [0.717, 1.165) is 30.0 Å². The summed E-state index contributed by atoms with van der Waals surface area (Å²) in [5, 5.41) is 0. The first-order valence-electron chi connectivity index (χ1n) is 16.4. The maximum atomic E-state index is 13.7. The highest BCUT2D eigenvalue weighted by Crippen LogP contribution is 2.33. The number of ether oxygens (including phenoxy) is 1. The molecule has 0 aliphatic heterocycles. The first-order valence-corrected chi connectivity index (χ1v) is 16.4. The van der Waals surface area contributed by atoms with Crippen LogP contribution in [0.15, 0.2) is 72.9 Å². The SMILES string of the molecule is CCCCCCCCCCCCCCOc1ccc(CN(C(=O)c2cccc[n+]2C)c2ccccc2)cc1C(C)(C)C.[I-]. The number of para-hydroxylation sites is 1. The van der Waals surface area contributed by atoms with E-state index < -0.39 is 0 Å². The van der Waals surface area contributed by atoms with Crippen molar-refractivity contribution in [2.45, 2.75) is 117 Å². The number of hydrogen-bond donors (Lipinski definition) is 0. The molecule has 1 amide bonds. The van der Waals surface area contributed by atoms with E-state index in [1.165, 1.54) is 76.2 Å². The molecule has 1 heterocycles. The second kappa shape index (κ2) is 19.8. The molecule has 0 spiro atoms. The number of rotatable bonds is 18. The zero-order valence-electron chi connectivity index (χ0n) is 27.4. The van der Waals surface area contributed by atoms with E-state index in [9.17, 15) is 4.79 Å². The lowest BCUT2D eigenvalue weighted by Crippen LogP contribution is -3.00. The molecule has 43 heavy (non-hydrogen) atoms. The van der Waals surface area contributed by atoms with Gasteiger partial charge in [0.25, 0.3) is 5.69 Å². The minimum absolute atomic E-state index is 0. The van der Waals surface area contributed by atoms with Crippen molar-refractivity contribution in [2.24, 2.45) is 7.05 Å². The smallest absolute Gasteiger partial charge is 0.323 e. The number of pyridine rings is 1. The van der Waals surface area contributed by atoms with Gasteiger partial charge in [-0.3, -0.25) is 9.69 Å². The second-order valence-electron chi connectivity index (χ2n) is 12.7. The summed E-state index contributed by atoms with van der Waals surface area (Å²) >= 11 is 0. The minimum Gasteiger partial charge on any atom is -1.00 e. The van der Waals surface area contributed by atoms with Crippen LogP contribution in [-0.2, 0) is 19.0 Å². The number of amides is 1. The van der Waals surface area contributed by atoms with Gasteiger partial charge in [0.05, 0.1) is 13.2 Å². The number of halogens is 1. The summed E-state index contributed by atoms with van der Waals surface area (Å²) in [6.45, 7) is 10.2. The molecule has 0 atom stereocenters. The number of benzene rings is 2. The molecule has 1 aromatic heterocycles. The van der Waals surface area contributed by atoms with E-state index in [2.05, 4.69) is 45.9 Å². The number of nitrogens with zero attached hydrogens (tertiary/aromatic N) is 2. The Balaban J connectivity index is 0.00000645. The fourth-order valence-electron chi connectivity index (χ4n) is 5.47. The van der Waals surface area contributed by atoms with Crippen molar-refractivity contribution in [1.29, 1.82) is 0 Å². The molecule has 236 valence electrons. The summed E-state index contributed by atoms with van der Waals surface area (Å²) in [5.74, 6) is 0.940. The van der Waals surface area contributed by atoms with Gasteiger partial charge in [-0.05, 0) is 53.3 Å².